The van der Waals surface area contributed by atoms with Crippen molar-refractivity contribution in [3.8, 4) is 11.8 Å². The number of amides is 2. The number of hydrogen-bond donors (Lipinski definition) is 2. The summed E-state index contributed by atoms with van der Waals surface area (Å²) < 4.78 is 2.01. The summed E-state index contributed by atoms with van der Waals surface area (Å²) in [5, 5.41) is 22.9. The van der Waals surface area contributed by atoms with Crippen LogP contribution in [-0.4, -0.2) is 44.5 Å². The Morgan fingerprint density at radius 3 is 2.51 bits per heavy atom. The second kappa shape index (κ2) is 9.89. The Morgan fingerprint density at radius 2 is 1.89 bits per heavy atom. The lowest BCUT2D eigenvalue weighted by Crippen LogP contribution is -2.43. The van der Waals surface area contributed by atoms with E-state index in [-0.39, 0.29) is 40.0 Å². The number of phenolic OH excluding ortho intramolecular Hbond substituents is 1. The number of aromatic hydroxyl groups is 1. The van der Waals surface area contributed by atoms with Gasteiger partial charge in [0.05, 0.1) is 23.5 Å². The average Bonchev–Trinajstić information content (AvgIpc) is 3.20. The van der Waals surface area contributed by atoms with Crippen LogP contribution in [0.25, 0.3) is 11.0 Å². The van der Waals surface area contributed by atoms with Crippen molar-refractivity contribution in [1.82, 2.24) is 14.5 Å². The van der Waals surface area contributed by atoms with Gasteiger partial charge in [-0.2, -0.15) is 5.26 Å². The van der Waals surface area contributed by atoms with Crippen molar-refractivity contribution in [1.29, 1.82) is 5.26 Å². The standard InChI is InChI=1S/C29H35N5O3/c1-17-24(32-27(36)21-11-19(14-30)12-22(35)13-21)15-31-26-25(17)23(16-33(26)6)20-7-9-34(10-8-20)28(37)18(2)29(3,4)5/h11-13,15-16,18,20,35H,7-10H2,1-6H3,(H,32,36). The van der Waals surface area contributed by atoms with Crippen LogP contribution < -0.4 is 5.32 Å². The fraction of sp³-hybridized carbons (Fsp3) is 0.448. The molecule has 1 unspecified atom stereocenters. The lowest BCUT2D eigenvalue weighted by atomic mass is 9.80. The number of carbonyl (C=O) groups excluding carboxylic acids is 2. The normalized spacial score (nSPS) is 15.4. The van der Waals surface area contributed by atoms with Gasteiger partial charge >= 0.3 is 0 Å². The van der Waals surface area contributed by atoms with Gasteiger partial charge in [-0.15, -0.1) is 0 Å². The quantitative estimate of drug-likeness (QED) is 0.517. The zero-order valence-corrected chi connectivity index (χ0v) is 22.4. The number of pyridine rings is 1. The number of aromatic nitrogens is 2. The molecule has 1 aliphatic rings. The molecule has 8 heteroatoms. The molecule has 1 aromatic carbocycles. The maximum atomic E-state index is 13.0. The van der Waals surface area contributed by atoms with Gasteiger partial charge in [0.15, 0.2) is 0 Å². The molecule has 2 aromatic heterocycles. The van der Waals surface area contributed by atoms with Crippen LogP contribution in [-0.2, 0) is 11.8 Å². The van der Waals surface area contributed by atoms with Crippen LogP contribution in [0.4, 0.5) is 5.69 Å². The highest BCUT2D eigenvalue weighted by atomic mass is 16.3. The van der Waals surface area contributed by atoms with Gasteiger partial charge in [0.1, 0.15) is 11.4 Å². The number of phenols is 1. The monoisotopic (exact) mass is 501 g/mol. The van der Waals surface area contributed by atoms with Gasteiger partial charge in [-0.25, -0.2) is 4.98 Å². The molecule has 3 aromatic rings. The Morgan fingerprint density at radius 1 is 1.22 bits per heavy atom. The number of carbonyl (C=O) groups is 2. The minimum atomic E-state index is -0.422. The predicted octanol–water partition coefficient (Wildman–Crippen LogP) is 5.10. The number of nitrogens with zero attached hydrogens (tertiary/aromatic N) is 4. The fourth-order valence-corrected chi connectivity index (χ4v) is 5.03. The first-order chi connectivity index (χ1) is 17.4. The van der Waals surface area contributed by atoms with Crippen molar-refractivity contribution >= 4 is 28.5 Å². The van der Waals surface area contributed by atoms with E-state index in [1.165, 1.54) is 23.8 Å². The molecule has 194 valence electrons. The van der Waals surface area contributed by atoms with Gasteiger partial charge in [0, 0.05) is 43.2 Å². The minimum absolute atomic E-state index is 0.0324. The number of aryl methyl sites for hydroxylation is 2. The average molecular weight is 502 g/mol. The second-order valence-corrected chi connectivity index (χ2v) is 11.2. The van der Waals surface area contributed by atoms with Gasteiger partial charge in [-0.3, -0.25) is 9.59 Å². The SMILES string of the molecule is Cc1c(NC(=O)c2cc(O)cc(C#N)c2)cnc2c1c(C1CCN(C(=O)C(C)C(C)(C)C)CC1)cn2C. The molecule has 1 saturated heterocycles. The van der Waals surface area contributed by atoms with Crippen LogP contribution in [0.1, 0.15) is 73.5 Å². The summed E-state index contributed by atoms with van der Waals surface area (Å²) in [5.74, 6) is -0.0860. The third-order valence-corrected chi connectivity index (χ3v) is 7.75. The number of rotatable bonds is 4. The number of anilines is 1. The zero-order valence-electron chi connectivity index (χ0n) is 22.4. The molecule has 2 N–H and O–H groups in total. The summed E-state index contributed by atoms with van der Waals surface area (Å²) in [6.45, 7) is 11.7. The molecular weight excluding hydrogens is 466 g/mol. The Labute approximate surface area is 217 Å². The highest BCUT2D eigenvalue weighted by Crippen LogP contribution is 2.38. The van der Waals surface area contributed by atoms with E-state index in [0.717, 1.165) is 42.5 Å². The van der Waals surface area contributed by atoms with Gasteiger partial charge < -0.3 is 19.9 Å². The van der Waals surface area contributed by atoms with Crippen LogP contribution in [0.3, 0.4) is 0 Å². The van der Waals surface area contributed by atoms with E-state index in [2.05, 4.69) is 37.3 Å². The molecule has 8 nitrogen and oxygen atoms in total. The molecule has 2 amide bonds. The predicted molar refractivity (Wildman–Crippen MR) is 143 cm³/mol. The molecular formula is C29H35N5O3. The van der Waals surface area contributed by atoms with Gasteiger partial charge in [-0.05, 0) is 60.4 Å². The molecule has 4 rings (SSSR count). The topological polar surface area (TPSA) is 111 Å². The van der Waals surface area contributed by atoms with Crippen molar-refractivity contribution < 1.29 is 14.7 Å². The van der Waals surface area contributed by atoms with E-state index in [1.807, 2.05) is 36.4 Å². The third kappa shape index (κ3) is 5.17. The molecule has 0 bridgehead atoms. The molecule has 37 heavy (non-hydrogen) atoms. The smallest absolute Gasteiger partial charge is 0.255 e. The summed E-state index contributed by atoms with van der Waals surface area (Å²) in [7, 11) is 1.97. The Balaban J connectivity index is 1.58. The summed E-state index contributed by atoms with van der Waals surface area (Å²) in [4.78, 5) is 32.6. The zero-order chi connectivity index (χ0) is 27.1. The van der Waals surface area contributed by atoms with Crippen molar-refractivity contribution in [2.75, 3.05) is 18.4 Å². The number of hydrogen-bond acceptors (Lipinski definition) is 5. The molecule has 0 radical (unpaired) electrons. The lowest BCUT2D eigenvalue weighted by Gasteiger charge is -2.37. The molecule has 1 atom stereocenters. The van der Waals surface area contributed by atoms with E-state index in [1.54, 1.807) is 6.20 Å². The van der Waals surface area contributed by atoms with Crippen LogP contribution in [0, 0.1) is 29.6 Å². The maximum absolute atomic E-state index is 13.0. The van der Waals surface area contributed by atoms with E-state index in [0.29, 0.717) is 5.69 Å². The summed E-state index contributed by atoms with van der Waals surface area (Å²) in [6, 6.07) is 6.05. The Bertz CT molecular complexity index is 1400. The number of piperidine rings is 1. The van der Waals surface area contributed by atoms with Crippen LogP contribution in [0.15, 0.2) is 30.6 Å². The first kappa shape index (κ1) is 26.2. The van der Waals surface area contributed by atoms with E-state index < -0.39 is 5.91 Å². The van der Waals surface area contributed by atoms with Crippen LogP contribution in [0.2, 0.25) is 0 Å². The van der Waals surface area contributed by atoms with Crippen molar-refractivity contribution in [2.45, 2.75) is 53.4 Å². The van der Waals surface area contributed by atoms with Crippen molar-refractivity contribution in [2.24, 2.45) is 18.4 Å². The lowest BCUT2D eigenvalue weighted by molar-refractivity contribution is -0.139. The van der Waals surface area contributed by atoms with Gasteiger partial charge in [-0.1, -0.05) is 27.7 Å². The molecule has 1 fully saturated rings. The van der Waals surface area contributed by atoms with Gasteiger partial charge in [0.25, 0.3) is 5.91 Å². The van der Waals surface area contributed by atoms with Crippen LogP contribution in [0.5, 0.6) is 5.75 Å². The highest BCUT2D eigenvalue weighted by Gasteiger charge is 2.33. The second-order valence-electron chi connectivity index (χ2n) is 11.2. The Hall–Kier alpha value is -3.86. The van der Waals surface area contributed by atoms with E-state index >= 15 is 0 Å². The number of fused-ring (bicyclic) bond motifs is 1. The molecule has 1 aliphatic heterocycles. The minimum Gasteiger partial charge on any atom is -0.508 e. The fourth-order valence-electron chi connectivity index (χ4n) is 5.03. The number of benzene rings is 1. The number of nitriles is 1. The molecule has 0 spiro atoms. The third-order valence-electron chi connectivity index (χ3n) is 7.75. The first-order valence-electron chi connectivity index (χ1n) is 12.7. The van der Waals surface area contributed by atoms with E-state index in [4.69, 9.17) is 5.26 Å². The summed E-state index contributed by atoms with van der Waals surface area (Å²) in [5.41, 5.74) is 3.86. The molecule has 0 aliphatic carbocycles. The van der Waals surface area contributed by atoms with Crippen molar-refractivity contribution in [3.05, 3.63) is 52.8 Å². The van der Waals surface area contributed by atoms with E-state index in [9.17, 15) is 14.7 Å². The van der Waals surface area contributed by atoms with Crippen LogP contribution >= 0.6 is 0 Å². The summed E-state index contributed by atoms with van der Waals surface area (Å²) >= 11 is 0. The molecule has 3 heterocycles. The largest absolute Gasteiger partial charge is 0.508 e. The van der Waals surface area contributed by atoms with Gasteiger partial charge in [0.2, 0.25) is 5.91 Å². The first-order valence-corrected chi connectivity index (χ1v) is 12.7. The highest BCUT2D eigenvalue weighted by molar-refractivity contribution is 6.06. The maximum Gasteiger partial charge on any atom is 0.255 e. The Kier molecular flexibility index (Phi) is 7.00. The molecule has 0 saturated carbocycles. The van der Waals surface area contributed by atoms with Crippen molar-refractivity contribution in [3.63, 3.8) is 0 Å². The summed E-state index contributed by atoms with van der Waals surface area (Å²) in [6.07, 6.45) is 5.50. The number of likely N-dealkylation sites (tertiary alicyclic amines) is 1. The number of nitrogens with one attached hydrogen (secondary N) is 1.